The lowest BCUT2D eigenvalue weighted by molar-refractivity contribution is -0.370. The Morgan fingerprint density at radius 1 is 1.44 bits per heavy atom. The molecule has 0 bridgehead atoms. The second-order valence-electron chi connectivity index (χ2n) is 4.95. The number of ether oxygens (including phenoxy) is 1. The number of amides is 1. The average molecular weight is 229 g/mol. The van der Waals surface area contributed by atoms with Gasteiger partial charge in [-0.1, -0.05) is 6.42 Å². The van der Waals surface area contributed by atoms with Gasteiger partial charge < -0.3 is 15.6 Å². The van der Waals surface area contributed by atoms with Crippen molar-refractivity contribution in [3.05, 3.63) is 0 Å². The van der Waals surface area contributed by atoms with E-state index in [1.165, 1.54) is 4.90 Å². The predicted octanol–water partition coefficient (Wildman–Crippen LogP) is 0.0919. The zero-order valence-corrected chi connectivity index (χ0v) is 9.87. The third-order valence-corrected chi connectivity index (χ3v) is 3.93. The molecule has 16 heavy (non-hydrogen) atoms. The van der Waals surface area contributed by atoms with Crippen LogP contribution in [0.15, 0.2) is 0 Å². The molecule has 1 unspecified atom stereocenters. The third kappa shape index (κ3) is 1.50. The highest BCUT2D eigenvalue weighted by molar-refractivity contribution is 5.72. The van der Waals surface area contributed by atoms with E-state index < -0.39 is 17.4 Å². The first-order chi connectivity index (χ1) is 7.53. The fourth-order valence-corrected chi connectivity index (χ4v) is 2.91. The van der Waals surface area contributed by atoms with Gasteiger partial charge in [0, 0.05) is 0 Å². The van der Waals surface area contributed by atoms with Crippen molar-refractivity contribution in [2.45, 2.75) is 50.4 Å². The smallest absolute Gasteiger partial charge is 0.413 e. The largest absolute Gasteiger partial charge is 0.438 e. The summed E-state index contributed by atoms with van der Waals surface area (Å²) in [4.78, 5) is 13.2. The Balaban J connectivity index is 2.25. The van der Waals surface area contributed by atoms with Crippen molar-refractivity contribution in [2.24, 2.45) is 0 Å². The number of aliphatic hydroxyl groups is 1. The van der Waals surface area contributed by atoms with Gasteiger partial charge in [-0.2, -0.15) is 0 Å². The summed E-state index contributed by atoms with van der Waals surface area (Å²) < 4.78 is 5.48. The molecule has 0 aromatic carbocycles. The Morgan fingerprint density at radius 2 is 2.06 bits per heavy atom. The van der Waals surface area contributed by atoms with Crippen LogP contribution >= 0.6 is 0 Å². The van der Waals surface area contributed by atoms with Crippen molar-refractivity contribution in [3.8, 4) is 0 Å². The van der Waals surface area contributed by atoms with E-state index in [-0.39, 0.29) is 0 Å². The van der Waals surface area contributed by atoms with Crippen molar-refractivity contribution in [1.29, 1.82) is 0 Å². The number of hydrogen-bond acceptors (Lipinski definition) is 3. The number of hydrogen-bond donors (Lipinski definition) is 2. The molecule has 0 aromatic heterocycles. The van der Waals surface area contributed by atoms with Crippen LogP contribution in [0.1, 0.15) is 39.0 Å². The highest BCUT2D eigenvalue weighted by Gasteiger charge is 2.61. The highest BCUT2D eigenvalue weighted by Crippen LogP contribution is 2.46. The molecule has 0 radical (unpaired) electrons. The first-order valence-electron chi connectivity index (χ1n) is 6.06. The summed E-state index contributed by atoms with van der Waals surface area (Å²) in [6.07, 6.45) is 4.32. The van der Waals surface area contributed by atoms with Crippen molar-refractivity contribution in [1.82, 2.24) is 4.90 Å². The van der Waals surface area contributed by atoms with Gasteiger partial charge in [0.2, 0.25) is 0 Å². The lowest BCUT2D eigenvalue weighted by atomic mass is 9.77. The van der Waals surface area contributed by atoms with Crippen LogP contribution in [0.25, 0.3) is 0 Å². The summed E-state index contributed by atoms with van der Waals surface area (Å²) in [7, 11) is 0. The number of rotatable bonds is 2. The molecule has 1 aliphatic heterocycles. The van der Waals surface area contributed by atoms with E-state index in [1.54, 1.807) is 6.92 Å². The van der Waals surface area contributed by atoms with Crippen molar-refractivity contribution < 1.29 is 20.4 Å². The second-order valence-corrected chi connectivity index (χ2v) is 4.95. The Hall–Kier alpha value is -0.810. The van der Waals surface area contributed by atoms with Crippen molar-refractivity contribution in [3.63, 3.8) is 0 Å². The predicted molar refractivity (Wildman–Crippen MR) is 57.4 cm³/mol. The van der Waals surface area contributed by atoms with Gasteiger partial charge in [-0.05, 0) is 32.6 Å². The van der Waals surface area contributed by atoms with Gasteiger partial charge in [0.05, 0.1) is 13.1 Å². The van der Waals surface area contributed by atoms with Crippen LogP contribution in [-0.2, 0) is 4.74 Å². The zero-order chi connectivity index (χ0) is 11.8. The summed E-state index contributed by atoms with van der Waals surface area (Å²) >= 11 is 0. The molecule has 2 rings (SSSR count). The van der Waals surface area contributed by atoms with E-state index in [2.05, 4.69) is 5.73 Å². The lowest BCUT2D eigenvalue weighted by Crippen LogP contribution is -2.62. The van der Waals surface area contributed by atoms with E-state index in [0.717, 1.165) is 32.1 Å². The summed E-state index contributed by atoms with van der Waals surface area (Å²) in [5.41, 5.74) is 1.86. The minimum atomic E-state index is -1.18. The molecule has 0 aromatic rings. The molecule has 1 aliphatic carbocycles. The SMILES string of the molecule is CC1(O)N(CC[NH3+])C(=O)OC12CCCCC2. The van der Waals surface area contributed by atoms with Crippen LogP contribution in [0.2, 0.25) is 0 Å². The van der Waals surface area contributed by atoms with Crippen LogP contribution in [0.3, 0.4) is 0 Å². The minimum Gasteiger partial charge on any atom is -0.438 e. The first-order valence-corrected chi connectivity index (χ1v) is 6.06. The zero-order valence-electron chi connectivity index (χ0n) is 9.87. The number of carbonyl (C=O) groups is 1. The Bertz CT molecular complexity index is 285. The molecule has 1 amide bonds. The monoisotopic (exact) mass is 229 g/mol. The van der Waals surface area contributed by atoms with Gasteiger partial charge in [-0.25, -0.2) is 4.79 Å². The van der Waals surface area contributed by atoms with Crippen LogP contribution < -0.4 is 5.73 Å². The summed E-state index contributed by atoms with van der Waals surface area (Å²) in [5, 5.41) is 10.6. The molecule has 1 spiro atoms. The molecule has 1 saturated carbocycles. The standard InChI is InChI=1S/C11H20N2O3/c1-10(15)11(5-3-2-4-6-11)16-9(14)13(10)8-7-12/h15H,2-8,12H2,1H3/p+1. The van der Waals surface area contributed by atoms with Crippen LogP contribution in [0.4, 0.5) is 4.79 Å². The van der Waals surface area contributed by atoms with E-state index in [9.17, 15) is 9.90 Å². The molecule has 1 saturated heterocycles. The van der Waals surface area contributed by atoms with E-state index >= 15 is 0 Å². The topological polar surface area (TPSA) is 77.4 Å². The van der Waals surface area contributed by atoms with Crippen LogP contribution in [0, 0.1) is 0 Å². The molecule has 92 valence electrons. The maximum atomic E-state index is 11.8. The maximum absolute atomic E-state index is 11.8. The fraction of sp³-hybridized carbons (Fsp3) is 0.909. The molecule has 5 heteroatoms. The van der Waals surface area contributed by atoms with Gasteiger partial charge in [0.1, 0.15) is 0 Å². The van der Waals surface area contributed by atoms with E-state index in [4.69, 9.17) is 4.74 Å². The van der Waals surface area contributed by atoms with E-state index in [0.29, 0.717) is 13.1 Å². The van der Waals surface area contributed by atoms with Gasteiger partial charge in [-0.15, -0.1) is 0 Å². The molecule has 4 N–H and O–H groups in total. The minimum absolute atomic E-state index is 0.393. The van der Waals surface area contributed by atoms with Crippen molar-refractivity contribution in [2.75, 3.05) is 13.1 Å². The highest BCUT2D eigenvalue weighted by atomic mass is 16.6. The normalized spacial score (nSPS) is 33.2. The van der Waals surface area contributed by atoms with Gasteiger partial charge >= 0.3 is 6.09 Å². The Morgan fingerprint density at radius 3 is 2.62 bits per heavy atom. The molecule has 5 nitrogen and oxygen atoms in total. The molecule has 1 heterocycles. The van der Waals surface area contributed by atoms with E-state index in [1.807, 2.05) is 0 Å². The van der Waals surface area contributed by atoms with Crippen LogP contribution in [0.5, 0.6) is 0 Å². The fourth-order valence-electron chi connectivity index (χ4n) is 2.91. The average Bonchev–Trinajstić information content (AvgIpc) is 2.41. The number of carbonyl (C=O) groups excluding carboxylic acids is 1. The van der Waals surface area contributed by atoms with Gasteiger partial charge in [0.15, 0.2) is 11.3 Å². The number of nitrogens with zero attached hydrogens (tertiary/aromatic N) is 1. The first kappa shape index (κ1) is 11.7. The number of quaternary nitrogens is 1. The third-order valence-electron chi connectivity index (χ3n) is 3.93. The summed E-state index contributed by atoms with van der Waals surface area (Å²) in [6, 6.07) is 0. The Labute approximate surface area is 95.5 Å². The molecular formula is C11H21N2O3+. The quantitative estimate of drug-likeness (QED) is 0.704. The molecule has 2 fully saturated rings. The summed E-state index contributed by atoms with van der Waals surface area (Å²) in [5.74, 6) is 0. The van der Waals surface area contributed by atoms with Crippen molar-refractivity contribution >= 4 is 6.09 Å². The maximum Gasteiger partial charge on any atom is 0.413 e. The van der Waals surface area contributed by atoms with Gasteiger partial charge in [-0.3, -0.25) is 4.90 Å². The van der Waals surface area contributed by atoms with Gasteiger partial charge in [0.25, 0.3) is 0 Å². The molecule has 1 atom stereocenters. The molecular weight excluding hydrogens is 208 g/mol. The lowest BCUT2D eigenvalue weighted by Gasteiger charge is -2.41. The summed E-state index contributed by atoms with van der Waals surface area (Å²) in [6.45, 7) is 2.73. The second kappa shape index (κ2) is 3.89. The van der Waals surface area contributed by atoms with Crippen LogP contribution in [-0.4, -0.2) is 40.5 Å². The molecule has 2 aliphatic rings. The Kier molecular flexibility index (Phi) is 2.84.